The minimum absolute atomic E-state index is 0.167. The highest BCUT2D eigenvalue weighted by Crippen LogP contribution is 2.27. The van der Waals surface area contributed by atoms with E-state index in [1.165, 1.54) is 0 Å². The van der Waals surface area contributed by atoms with Crippen LogP contribution in [0.15, 0.2) is 0 Å². The smallest absolute Gasteiger partial charge is 0.180 e. The third kappa shape index (κ3) is 3.43. The third-order valence-corrected chi connectivity index (χ3v) is 2.97. The lowest BCUT2D eigenvalue weighted by atomic mass is 9.83. The summed E-state index contributed by atoms with van der Waals surface area (Å²) >= 11 is 0. The van der Waals surface area contributed by atoms with Gasteiger partial charge in [-0.25, -0.2) is 0 Å². The molecule has 0 saturated heterocycles. The van der Waals surface area contributed by atoms with Crippen LogP contribution in [0.2, 0.25) is 0 Å². The van der Waals surface area contributed by atoms with Gasteiger partial charge >= 0.3 is 0 Å². The van der Waals surface area contributed by atoms with E-state index < -0.39 is 12.2 Å². The molecule has 1 rings (SSSR count). The lowest BCUT2D eigenvalue weighted by molar-refractivity contribution is -0.0920. The molecule has 1 saturated carbocycles. The second kappa shape index (κ2) is 6.18. The Kier molecular flexibility index (Phi) is 5.18. The summed E-state index contributed by atoms with van der Waals surface area (Å²) in [5, 5.41) is 35.7. The molecule has 0 amide bonds. The first-order chi connectivity index (χ1) is 7.58. The van der Waals surface area contributed by atoms with E-state index in [1.807, 2.05) is 6.92 Å². The molecule has 5 heteroatoms. The molecule has 4 atom stereocenters. The fourth-order valence-corrected chi connectivity index (χ4v) is 2.06. The predicted molar refractivity (Wildman–Crippen MR) is 59.3 cm³/mol. The summed E-state index contributed by atoms with van der Waals surface area (Å²) in [6.45, 7) is 1.80. The summed E-state index contributed by atoms with van der Waals surface area (Å²) in [5.74, 6) is -0.143. The predicted octanol–water partition coefficient (Wildman–Crippen LogP) is 0.273. The first-order valence-electron chi connectivity index (χ1n) is 5.79. The number of nitrogens with one attached hydrogen (secondary N) is 1. The van der Waals surface area contributed by atoms with Gasteiger partial charge < -0.3 is 20.1 Å². The van der Waals surface area contributed by atoms with E-state index >= 15 is 0 Å². The zero-order valence-electron chi connectivity index (χ0n) is 9.59. The SMILES string of the molecule is CCCC(=N)OC1CC(O)C(O)C(CO)C1. The third-order valence-electron chi connectivity index (χ3n) is 2.97. The molecule has 0 aromatic heterocycles. The summed E-state index contributed by atoms with van der Waals surface area (Å²) in [7, 11) is 0. The minimum Gasteiger partial charge on any atom is -0.478 e. The highest BCUT2D eigenvalue weighted by Gasteiger charge is 2.36. The lowest BCUT2D eigenvalue weighted by Crippen LogP contribution is -2.45. The molecule has 4 unspecified atom stereocenters. The van der Waals surface area contributed by atoms with E-state index in [0.717, 1.165) is 6.42 Å². The van der Waals surface area contributed by atoms with E-state index in [4.69, 9.17) is 15.3 Å². The standard InChI is InChI=1S/C11H21NO4/c1-2-3-10(12)16-8-4-7(6-13)11(15)9(14)5-8/h7-9,11-15H,2-6H2,1H3. The average molecular weight is 231 g/mol. The van der Waals surface area contributed by atoms with Crippen molar-refractivity contribution < 1.29 is 20.1 Å². The second-order valence-corrected chi connectivity index (χ2v) is 4.39. The molecule has 0 aliphatic heterocycles. The van der Waals surface area contributed by atoms with Crippen LogP contribution >= 0.6 is 0 Å². The summed E-state index contributed by atoms with van der Waals surface area (Å²) in [6.07, 6.45) is 0.217. The van der Waals surface area contributed by atoms with Crippen LogP contribution in [0.4, 0.5) is 0 Å². The molecule has 0 radical (unpaired) electrons. The van der Waals surface area contributed by atoms with Crippen molar-refractivity contribution in [2.45, 2.75) is 50.9 Å². The van der Waals surface area contributed by atoms with Gasteiger partial charge in [-0.15, -0.1) is 0 Å². The Bertz CT molecular complexity index is 234. The molecule has 4 N–H and O–H groups in total. The monoisotopic (exact) mass is 231 g/mol. The molecular formula is C11H21NO4. The quantitative estimate of drug-likeness (QED) is 0.413. The maximum absolute atomic E-state index is 9.58. The van der Waals surface area contributed by atoms with Gasteiger partial charge in [-0.05, 0) is 12.8 Å². The van der Waals surface area contributed by atoms with Crippen LogP contribution in [0.25, 0.3) is 0 Å². The number of rotatable bonds is 4. The van der Waals surface area contributed by atoms with Gasteiger partial charge in [-0.2, -0.15) is 0 Å². The van der Waals surface area contributed by atoms with Crippen molar-refractivity contribution in [1.29, 1.82) is 5.41 Å². The van der Waals surface area contributed by atoms with Gasteiger partial charge in [-0.1, -0.05) is 6.92 Å². The maximum Gasteiger partial charge on any atom is 0.180 e. The van der Waals surface area contributed by atoms with Gasteiger partial charge in [0.15, 0.2) is 5.90 Å². The molecule has 0 bridgehead atoms. The summed E-state index contributed by atoms with van der Waals surface area (Å²) < 4.78 is 5.38. The highest BCUT2D eigenvalue weighted by atomic mass is 16.5. The van der Waals surface area contributed by atoms with E-state index in [1.54, 1.807) is 0 Å². The topological polar surface area (TPSA) is 93.8 Å². The average Bonchev–Trinajstić information content (AvgIpc) is 2.23. The Morgan fingerprint density at radius 2 is 2.06 bits per heavy atom. The van der Waals surface area contributed by atoms with Gasteiger partial charge in [0.1, 0.15) is 6.10 Å². The molecule has 16 heavy (non-hydrogen) atoms. The summed E-state index contributed by atoms with van der Waals surface area (Å²) in [5.41, 5.74) is 0. The lowest BCUT2D eigenvalue weighted by Gasteiger charge is -2.35. The van der Waals surface area contributed by atoms with Gasteiger partial charge in [0.05, 0.1) is 12.2 Å². The molecule has 0 heterocycles. The second-order valence-electron chi connectivity index (χ2n) is 4.39. The molecule has 1 fully saturated rings. The number of aliphatic hydroxyl groups excluding tert-OH is 3. The Labute approximate surface area is 95.6 Å². The van der Waals surface area contributed by atoms with Crippen LogP contribution in [0, 0.1) is 11.3 Å². The Morgan fingerprint density at radius 3 is 2.62 bits per heavy atom. The molecule has 1 aliphatic rings. The fourth-order valence-electron chi connectivity index (χ4n) is 2.06. The number of ether oxygens (including phenoxy) is 1. The van der Waals surface area contributed by atoms with Crippen LogP contribution in [-0.2, 0) is 4.74 Å². The Morgan fingerprint density at radius 1 is 1.38 bits per heavy atom. The first-order valence-corrected chi connectivity index (χ1v) is 5.79. The van der Waals surface area contributed by atoms with Crippen molar-refractivity contribution in [2.24, 2.45) is 5.92 Å². The van der Waals surface area contributed by atoms with Crippen LogP contribution in [0.3, 0.4) is 0 Å². The zero-order chi connectivity index (χ0) is 12.1. The van der Waals surface area contributed by atoms with Gasteiger partial charge in [0.2, 0.25) is 0 Å². The Balaban J connectivity index is 2.47. The summed E-state index contributed by atoms with van der Waals surface area (Å²) in [4.78, 5) is 0. The molecule has 1 aliphatic carbocycles. The zero-order valence-corrected chi connectivity index (χ0v) is 9.59. The molecular weight excluding hydrogens is 210 g/mol. The molecule has 5 nitrogen and oxygen atoms in total. The van der Waals surface area contributed by atoms with Crippen molar-refractivity contribution >= 4 is 5.90 Å². The molecule has 94 valence electrons. The van der Waals surface area contributed by atoms with Crippen molar-refractivity contribution in [3.8, 4) is 0 Å². The maximum atomic E-state index is 9.58. The van der Waals surface area contributed by atoms with Crippen LogP contribution in [0.1, 0.15) is 32.6 Å². The van der Waals surface area contributed by atoms with Gasteiger partial charge in [0.25, 0.3) is 0 Å². The minimum atomic E-state index is -0.884. The van der Waals surface area contributed by atoms with Crippen LogP contribution in [-0.4, -0.2) is 46.1 Å². The first kappa shape index (κ1) is 13.4. The van der Waals surface area contributed by atoms with Gasteiger partial charge in [0, 0.05) is 25.4 Å². The van der Waals surface area contributed by atoms with E-state index in [2.05, 4.69) is 0 Å². The molecule has 0 aromatic carbocycles. The molecule has 0 aromatic rings. The van der Waals surface area contributed by atoms with Crippen LogP contribution in [0.5, 0.6) is 0 Å². The van der Waals surface area contributed by atoms with E-state index in [9.17, 15) is 10.2 Å². The normalized spacial score (nSPS) is 34.8. The number of hydrogen-bond donors (Lipinski definition) is 4. The summed E-state index contributed by atoms with van der Waals surface area (Å²) in [6, 6.07) is 0. The Hall–Kier alpha value is -0.650. The fraction of sp³-hybridized carbons (Fsp3) is 0.909. The number of hydrogen-bond acceptors (Lipinski definition) is 5. The number of aliphatic hydroxyl groups is 3. The largest absolute Gasteiger partial charge is 0.478 e. The van der Waals surface area contributed by atoms with Crippen molar-refractivity contribution in [3.05, 3.63) is 0 Å². The van der Waals surface area contributed by atoms with Crippen molar-refractivity contribution in [1.82, 2.24) is 0 Å². The van der Waals surface area contributed by atoms with Gasteiger partial charge in [-0.3, -0.25) is 5.41 Å². The van der Waals surface area contributed by atoms with E-state index in [0.29, 0.717) is 19.3 Å². The van der Waals surface area contributed by atoms with Crippen LogP contribution < -0.4 is 0 Å². The molecule has 0 spiro atoms. The van der Waals surface area contributed by atoms with E-state index in [-0.39, 0.29) is 24.5 Å². The highest BCUT2D eigenvalue weighted by molar-refractivity contribution is 5.72. The van der Waals surface area contributed by atoms with Crippen molar-refractivity contribution in [2.75, 3.05) is 6.61 Å². The van der Waals surface area contributed by atoms with Crippen molar-refractivity contribution in [3.63, 3.8) is 0 Å².